The van der Waals surface area contributed by atoms with Crippen molar-refractivity contribution in [3.8, 4) is 5.75 Å². The zero-order valence-corrected chi connectivity index (χ0v) is 21.5. The SMILES string of the molecule is C[C@@H]1NC(=O)[C@@H](Cc2ccc(O)cc2)SCCN(CC(=O)NC(Cc2ccc([N+](=O)[O-])cc2)C(N)=O)C1=O. The average Bonchev–Trinajstić information content (AvgIpc) is 2.91. The van der Waals surface area contributed by atoms with Gasteiger partial charge < -0.3 is 26.4 Å². The van der Waals surface area contributed by atoms with Gasteiger partial charge in [-0.05, 0) is 36.6 Å². The van der Waals surface area contributed by atoms with E-state index in [-0.39, 0.29) is 36.9 Å². The van der Waals surface area contributed by atoms with E-state index in [2.05, 4.69) is 10.6 Å². The minimum atomic E-state index is -1.09. The molecule has 0 saturated carbocycles. The molecular weight excluding hydrogens is 514 g/mol. The van der Waals surface area contributed by atoms with Crippen LogP contribution in [0, 0.1) is 10.1 Å². The number of nitrogens with zero attached hydrogens (tertiary/aromatic N) is 2. The van der Waals surface area contributed by atoms with Crippen molar-refractivity contribution in [1.29, 1.82) is 0 Å². The van der Waals surface area contributed by atoms with Crippen LogP contribution in [0.4, 0.5) is 5.69 Å². The first kappa shape index (κ1) is 28.4. The number of nitrogens with two attached hydrogens (primary N) is 1. The Morgan fingerprint density at radius 1 is 1.18 bits per heavy atom. The van der Waals surface area contributed by atoms with E-state index in [1.54, 1.807) is 31.2 Å². The number of nitrogens with one attached hydrogen (secondary N) is 2. The van der Waals surface area contributed by atoms with Crippen LogP contribution in [0.1, 0.15) is 18.1 Å². The lowest BCUT2D eigenvalue weighted by Crippen LogP contribution is -2.53. The monoisotopic (exact) mass is 543 g/mol. The fourth-order valence-corrected chi connectivity index (χ4v) is 5.05. The molecule has 2 aromatic rings. The average molecular weight is 544 g/mol. The van der Waals surface area contributed by atoms with Crippen LogP contribution < -0.4 is 16.4 Å². The van der Waals surface area contributed by atoms with E-state index in [0.29, 0.717) is 17.7 Å². The maximum atomic E-state index is 13.0. The fourth-order valence-electron chi connectivity index (χ4n) is 3.91. The molecule has 202 valence electrons. The lowest BCUT2D eigenvalue weighted by Gasteiger charge is -2.25. The number of carbonyl (C=O) groups is 4. The molecule has 1 heterocycles. The first-order valence-electron chi connectivity index (χ1n) is 11.8. The number of thioether (sulfide) groups is 1. The van der Waals surface area contributed by atoms with Crippen LogP contribution in [0.5, 0.6) is 5.75 Å². The largest absolute Gasteiger partial charge is 0.508 e. The van der Waals surface area contributed by atoms with Crippen LogP contribution in [-0.2, 0) is 32.0 Å². The molecule has 0 spiro atoms. The van der Waals surface area contributed by atoms with Crippen LogP contribution in [0.3, 0.4) is 0 Å². The number of benzene rings is 2. The van der Waals surface area contributed by atoms with E-state index in [1.807, 2.05) is 0 Å². The second kappa shape index (κ2) is 12.9. The number of phenols is 1. The van der Waals surface area contributed by atoms with Crippen LogP contribution >= 0.6 is 11.8 Å². The molecule has 1 aliphatic heterocycles. The third-order valence-corrected chi connectivity index (χ3v) is 7.17. The number of carbonyl (C=O) groups excluding carboxylic acids is 4. The summed E-state index contributed by atoms with van der Waals surface area (Å²) in [7, 11) is 0. The predicted molar refractivity (Wildman–Crippen MR) is 140 cm³/mol. The maximum absolute atomic E-state index is 13.0. The van der Waals surface area contributed by atoms with Crippen molar-refractivity contribution < 1.29 is 29.2 Å². The summed E-state index contributed by atoms with van der Waals surface area (Å²) in [4.78, 5) is 62.1. The lowest BCUT2D eigenvalue weighted by atomic mass is 10.0. The van der Waals surface area contributed by atoms with E-state index in [4.69, 9.17) is 5.73 Å². The fraction of sp³-hybridized carbons (Fsp3) is 0.360. The summed E-state index contributed by atoms with van der Waals surface area (Å²) >= 11 is 1.35. The predicted octanol–water partition coefficient (Wildman–Crippen LogP) is 0.504. The molecule has 0 radical (unpaired) electrons. The Balaban J connectivity index is 1.62. The van der Waals surface area contributed by atoms with Crippen molar-refractivity contribution in [3.05, 3.63) is 69.8 Å². The van der Waals surface area contributed by atoms with Crippen molar-refractivity contribution >= 4 is 41.1 Å². The van der Waals surface area contributed by atoms with Crippen molar-refractivity contribution in [2.24, 2.45) is 5.73 Å². The van der Waals surface area contributed by atoms with E-state index in [0.717, 1.165) is 5.56 Å². The molecule has 5 N–H and O–H groups in total. The molecule has 0 aromatic heterocycles. The highest BCUT2D eigenvalue weighted by Crippen LogP contribution is 2.21. The van der Waals surface area contributed by atoms with Crippen molar-refractivity contribution in [2.45, 2.75) is 37.1 Å². The van der Waals surface area contributed by atoms with Crippen LogP contribution in [0.25, 0.3) is 0 Å². The van der Waals surface area contributed by atoms with Gasteiger partial charge in [0, 0.05) is 30.9 Å². The highest BCUT2D eigenvalue weighted by atomic mass is 32.2. The molecule has 12 nitrogen and oxygen atoms in total. The summed E-state index contributed by atoms with van der Waals surface area (Å²) in [5, 5.41) is 25.1. The Kier molecular flexibility index (Phi) is 9.66. The summed E-state index contributed by atoms with van der Waals surface area (Å²) in [5.41, 5.74) is 6.77. The molecule has 1 aliphatic rings. The highest BCUT2D eigenvalue weighted by Gasteiger charge is 2.30. The molecule has 0 aliphatic carbocycles. The van der Waals surface area contributed by atoms with Gasteiger partial charge in [0.25, 0.3) is 5.69 Å². The van der Waals surface area contributed by atoms with Crippen molar-refractivity contribution in [1.82, 2.24) is 15.5 Å². The highest BCUT2D eigenvalue weighted by molar-refractivity contribution is 8.00. The summed E-state index contributed by atoms with van der Waals surface area (Å²) in [6.07, 6.45) is 0.426. The van der Waals surface area contributed by atoms with Crippen LogP contribution in [0.2, 0.25) is 0 Å². The molecule has 13 heteroatoms. The van der Waals surface area contributed by atoms with Crippen molar-refractivity contribution in [2.75, 3.05) is 18.8 Å². The number of phenolic OH excluding ortho intramolecular Hbond substituents is 1. The van der Waals surface area contributed by atoms with Gasteiger partial charge in [-0.25, -0.2) is 0 Å². The number of primary amides is 1. The minimum Gasteiger partial charge on any atom is -0.508 e. The topological polar surface area (TPSA) is 185 Å². The molecule has 4 amide bonds. The second-order valence-corrected chi connectivity index (χ2v) is 10.2. The minimum absolute atomic E-state index is 0.0221. The number of nitro groups is 1. The number of rotatable bonds is 9. The van der Waals surface area contributed by atoms with Gasteiger partial charge in [0.15, 0.2) is 0 Å². The molecule has 1 saturated heterocycles. The van der Waals surface area contributed by atoms with Gasteiger partial charge in [-0.15, -0.1) is 11.8 Å². The van der Waals surface area contributed by atoms with Gasteiger partial charge in [-0.3, -0.25) is 29.3 Å². The summed E-state index contributed by atoms with van der Waals surface area (Å²) in [6.45, 7) is 1.40. The zero-order valence-electron chi connectivity index (χ0n) is 20.7. The Morgan fingerprint density at radius 2 is 1.82 bits per heavy atom. The number of non-ortho nitro benzene ring substituents is 1. The molecule has 3 rings (SSSR count). The number of hydrogen-bond acceptors (Lipinski definition) is 8. The molecule has 0 bridgehead atoms. The molecule has 38 heavy (non-hydrogen) atoms. The molecular formula is C25H29N5O7S. The third kappa shape index (κ3) is 7.93. The second-order valence-electron chi connectivity index (χ2n) is 8.87. The van der Waals surface area contributed by atoms with Gasteiger partial charge in [0.2, 0.25) is 23.6 Å². The summed E-state index contributed by atoms with van der Waals surface area (Å²) in [6, 6.07) is 10.1. The van der Waals surface area contributed by atoms with Gasteiger partial charge in [-0.2, -0.15) is 0 Å². The van der Waals surface area contributed by atoms with Gasteiger partial charge in [0.1, 0.15) is 17.8 Å². The lowest BCUT2D eigenvalue weighted by molar-refractivity contribution is -0.384. The standard InChI is InChI=1S/C25H29N5O7S/c1-15-25(35)29(10-11-38-21(24(34)27-15)13-17-4-8-19(31)9-5-17)14-22(32)28-20(23(26)33)12-16-2-6-18(7-3-16)30(36)37/h2-9,15,20-21,31H,10-14H2,1H3,(H2,26,33)(H,27,34)(H,28,32)/t15-,20?,21+/m0/s1. The van der Waals surface area contributed by atoms with Crippen LogP contribution in [-0.4, -0.2) is 74.7 Å². The number of hydrogen-bond donors (Lipinski definition) is 4. The van der Waals surface area contributed by atoms with E-state index < -0.39 is 40.0 Å². The van der Waals surface area contributed by atoms with E-state index in [9.17, 15) is 34.4 Å². The Hall–Kier alpha value is -4.13. The van der Waals surface area contributed by atoms with E-state index in [1.165, 1.54) is 40.9 Å². The number of aromatic hydroxyl groups is 1. The molecule has 3 atom stereocenters. The van der Waals surface area contributed by atoms with Gasteiger partial charge in [0.05, 0.1) is 16.7 Å². The summed E-state index contributed by atoms with van der Waals surface area (Å²) in [5.74, 6) is -1.62. The first-order valence-corrected chi connectivity index (χ1v) is 12.9. The number of nitro benzene ring substituents is 1. The summed E-state index contributed by atoms with van der Waals surface area (Å²) < 4.78 is 0. The van der Waals surface area contributed by atoms with Gasteiger partial charge >= 0.3 is 0 Å². The first-order chi connectivity index (χ1) is 18.0. The Bertz CT molecular complexity index is 1190. The smallest absolute Gasteiger partial charge is 0.269 e. The van der Waals surface area contributed by atoms with Crippen LogP contribution in [0.15, 0.2) is 48.5 Å². The Morgan fingerprint density at radius 3 is 2.42 bits per heavy atom. The third-order valence-electron chi connectivity index (χ3n) is 5.97. The molecule has 1 unspecified atom stereocenters. The zero-order chi connectivity index (χ0) is 27.8. The Labute approximate surface area is 223 Å². The normalized spacial score (nSPS) is 18.9. The van der Waals surface area contributed by atoms with Gasteiger partial charge in [-0.1, -0.05) is 24.3 Å². The molecule has 1 fully saturated rings. The van der Waals surface area contributed by atoms with Crippen molar-refractivity contribution in [3.63, 3.8) is 0 Å². The number of amides is 4. The quantitative estimate of drug-likeness (QED) is 0.260. The molecule has 2 aromatic carbocycles. The van der Waals surface area contributed by atoms with E-state index >= 15 is 0 Å². The maximum Gasteiger partial charge on any atom is 0.269 e.